The molecule has 6 nitrogen and oxygen atoms in total. The van der Waals surface area contributed by atoms with E-state index in [0.29, 0.717) is 12.2 Å². The van der Waals surface area contributed by atoms with E-state index in [1.165, 1.54) is 0 Å². The molecule has 21 heavy (non-hydrogen) atoms. The summed E-state index contributed by atoms with van der Waals surface area (Å²) in [5, 5.41) is 11.3. The van der Waals surface area contributed by atoms with Gasteiger partial charge in [0.25, 0.3) is 5.69 Å². The van der Waals surface area contributed by atoms with Gasteiger partial charge in [-0.25, -0.2) is 0 Å². The number of nitrogens with zero attached hydrogens (tertiary/aromatic N) is 2. The predicted molar refractivity (Wildman–Crippen MR) is 81.1 cm³/mol. The highest BCUT2D eigenvalue weighted by atomic mass is 16.6. The summed E-state index contributed by atoms with van der Waals surface area (Å²) in [7, 11) is 1.66. The fourth-order valence-electron chi connectivity index (χ4n) is 3.05. The highest BCUT2D eigenvalue weighted by Gasteiger charge is 2.32. The number of likely N-dealkylation sites (tertiary alicyclic amines) is 1. The number of para-hydroxylation sites is 1. The molecule has 0 aromatic heterocycles. The second kappa shape index (κ2) is 7.49. The first-order valence-corrected chi connectivity index (χ1v) is 7.37. The molecular formula is C15H23N3O3. The zero-order valence-corrected chi connectivity index (χ0v) is 12.4. The molecule has 0 bridgehead atoms. The Labute approximate surface area is 125 Å². The van der Waals surface area contributed by atoms with Gasteiger partial charge in [0.1, 0.15) is 0 Å². The second-order valence-corrected chi connectivity index (χ2v) is 5.45. The Kier molecular flexibility index (Phi) is 5.67. The molecule has 1 saturated heterocycles. The first-order valence-electron chi connectivity index (χ1n) is 7.37. The zero-order chi connectivity index (χ0) is 15.2. The van der Waals surface area contributed by atoms with Gasteiger partial charge >= 0.3 is 0 Å². The van der Waals surface area contributed by atoms with Crippen LogP contribution in [0.2, 0.25) is 0 Å². The van der Waals surface area contributed by atoms with Crippen LogP contribution in [-0.4, -0.2) is 42.7 Å². The molecule has 2 N–H and O–H groups in total. The van der Waals surface area contributed by atoms with Crippen molar-refractivity contribution in [1.82, 2.24) is 4.90 Å². The second-order valence-electron chi connectivity index (χ2n) is 5.45. The van der Waals surface area contributed by atoms with E-state index in [1.807, 2.05) is 12.1 Å². The third-order valence-electron chi connectivity index (χ3n) is 4.07. The molecule has 1 fully saturated rings. The molecule has 6 heteroatoms. The van der Waals surface area contributed by atoms with E-state index in [4.69, 9.17) is 10.5 Å². The maximum atomic E-state index is 11.3. The van der Waals surface area contributed by atoms with Crippen molar-refractivity contribution in [2.24, 2.45) is 5.73 Å². The van der Waals surface area contributed by atoms with Gasteiger partial charge in [-0.3, -0.25) is 15.0 Å². The van der Waals surface area contributed by atoms with Gasteiger partial charge < -0.3 is 10.5 Å². The zero-order valence-electron chi connectivity index (χ0n) is 12.4. The van der Waals surface area contributed by atoms with Crippen molar-refractivity contribution in [2.45, 2.75) is 31.3 Å². The topological polar surface area (TPSA) is 81.6 Å². The molecule has 2 atom stereocenters. The molecule has 2 unspecified atom stereocenters. The van der Waals surface area contributed by atoms with Crippen molar-refractivity contribution in [3.8, 4) is 0 Å². The number of nitro benzene ring substituents is 1. The van der Waals surface area contributed by atoms with Crippen LogP contribution in [0, 0.1) is 10.1 Å². The number of methoxy groups -OCH3 is 1. The van der Waals surface area contributed by atoms with Gasteiger partial charge in [-0.15, -0.1) is 0 Å². The molecule has 1 heterocycles. The molecular weight excluding hydrogens is 270 g/mol. The quantitative estimate of drug-likeness (QED) is 0.664. The Hall–Kier alpha value is -1.50. The predicted octanol–water partition coefficient (Wildman–Crippen LogP) is 2.10. The average Bonchev–Trinajstić information content (AvgIpc) is 2.66. The molecule has 2 rings (SSSR count). The molecule has 1 aromatic rings. The molecule has 1 aromatic carbocycles. The molecule has 0 saturated carbocycles. The molecule has 0 aliphatic carbocycles. The summed E-state index contributed by atoms with van der Waals surface area (Å²) in [6, 6.07) is 6.71. The summed E-state index contributed by atoms with van der Waals surface area (Å²) in [6.07, 6.45) is 3.01. The number of hydrogen-bond donors (Lipinski definition) is 1. The van der Waals surface area contributed by atoms with E-state index < -0.39 is 0 Å². The van der Waals surface area contributed by atoms with Crippen LogP contribution in [0.4, 0.5) is 5.69 Å². The Bertz CT molecular complexity index is 481. The molecule has 116 valence electrons. The van der Waals surface area contributed by atoms with Gasteiger partial charge in [-0.1, -0.05) is 24.6 Å². The summed E-state index contributed by atoms with van der Waals surface area (Å²) in [5.41, 5.74) is 7.21. The molecule has 1 aliphatic rings. The lowest BCUT2D eigenvalue weighted by Gasteiger charge is -2.33. The third-order valence-corrected chi connectivity index (χ3v) is 4.07. The van der Waals surface area contributed by atoms with Crippen molar-refractivity contribution >= 4 is 5.69 Å². The van der Waals surface area contributed by atoms with Crippen LogP contribution in [0.5, 0.6) is 0 Å². The Morgan fingerprint density at radius 3 is 2.90 bits per heavy atom. The smallest absolute Gasteiger partial charge is 0.274 e. The Morgan fingerprint density at radius 2 is 2.19 bits per heavy atom. The van der Waals surface area contributed by atoms with Crippen LogP contribution in [0.1, 0.15) is 30.9 Å². The van der Waals surface area contributed by atoms with Crippen molar-refractivity contribution < 1.29 is 9.66 Å². The van der Waals surface area contributed by atoms with Gasteiger partial charge in [0.2, 0.25) is 0 Å². The van der Waals surface area contributed by atoms with Crippen LogP contribution < -0.4 is 5.73 Å². The molecule has 0 radical (unpaired) electrons. The van der Waals surface area contributed by atoms with Gasteiger partial charge in [-0.2, -0.15) is 0 Å². The Morgan fingerprint density at radius 1 is 1.43 bits per heavy atom. The van der Waals surface area contributed by atoms with E-state index >= 15 is 0 Å². The lowest BCUT2D eigenvalue weighted by Crippen LogP contribution is -2.41. The average molecular weight is 293 g/mol. The minimum atomic E-state index is -0.318. The van der Waals surface area contributed by atoms with Gasteiger partial charge in [0.15, 0.2) is 0 Å². The van der Waals surface area contributed by atoms with Crippen LogP contribution in [0.3, 0.4) is 0 Å². The van der Waals surface area contributed by atoms with Gasteiger partial charge in [-0.05, 0) is 19.4 Å². The normalized spacial score (nSPS) is 23.7. The lowest BCUT2D eigenvalue weighted by atomic mass is 9.95. The molecule has 0 amide bonds. The largest absolute Gasteiger partial charge is 0.383 e. The monoisotopic (exact) mass is 293 g/mol. The first kappa shape index (κ1) is 15.9. The number of nitrogens with two attached hydrogens (primary N) is 1. The van der Waals surface area contributed by atoms with E-state index in [9.17, 15) is 10.1 Å². The number of nitro groups is 1. The Balaban J connectivity index is 2.36. The molecule has 1 aliphatic heterocycles. The highest BCUT2D eigenvalue weighted by molar-refractivity contribution is 5.43. The van der Waals surface area contributed by atoms with E-state index in [2.05, 4.69) is 4.90 Å². The summed E-state index contributed by atoms with van der Waals surface area (Å²) in [4.78, 5) is 13.2. The number of benzene rings is 1. The number of rotatable bonds is 5. The standard InChI is InChI=1S/C15H23N3O3/c1-21-11-10-17-9-5-4-7-13(16)15(17)12-6-2-3-8-14(12)18(19)20/h2-3,6,8,13,15H,4-5,7,9-11,16H2,1H3. The maximum absolute atomic E-state index is 11.3. The van der Waals surface area contributed by atoms with Crippen LogP contribution >= 0.6 is 0 Å². The minimum Gasteiger partial charge on any atom is -0.383 e. The van der Waals surface area contributed by atoms with Crippen molar-refractivity contribution in [2.75, 3.05) is 26.8 Å². The SMILES string of the molecule is COCCN1CCCCC(N)C1c1ccccc1[N+](=O)[O-]. The van der Waals surface area contributed by atoms with Crippen LogP contribution in [-0.2, 0) is 4.74 Å². The summed E-state index contributed by atoms with van der Waals surface area (Å²) >= 11 is 0. The van der Waals surface area contributed by atoms with Gasteiger partial charge in [0, 0.05) is 31.3 Å². The first-order chi connectivity index (χ1) is 10.1. The summed E-state index contributed by atoms with van der Waals surface area (Å²) in [5.74, 6) is 0. The third kappa shape index (κ3) is 3.78. The van der Waals surface area contributed by atoms with Crippen molar-refractivity contribution in [3.63, 3.8) is 0 Å². The summed E-state index contributed by atoms with van der Waals surface area (Å²) in [6.45, 7) is 2.23. The van der Waals surface area contributed by atoms with E-state index in [0.717, 1.165) is 32.4 Å². The fraction of sp³-hybridized carbons (Fsp3) is 0.600. The highest BCUT2D eigenvalue weighted by Crippen LogP contribution is 2.34. The van der Waals surface area contributed by atoms with Gasteiger partial charge in [0.05, 0.1) is 17.6 Å². The van der Waals surface area contributed by atoms with Crippen molar-refractivity contribution in [3.05, 3.63) is 39.9 Å². The fourth-order valence-corrected chi connectivity index (χ4v) is 3.05. The number of hydrogen-bond acceptors (Lipinski definition) is 5. The lowest BCUT2D eigenvalue weighted by molar-refractivity contribution is -0.386. The van der Waals surface area contributed by atoms with Crippen molar-refractivity contribution in [1.29, 1.82) is 0 Å². The van der Waals surface area contributed by atoms with E-state index in [1.54, 1.807) is 19.2 Å². The van der Waals surface area contributed by atoms with Crippen LogP contribution in [0.25, 0.3) is 0 Å². The van der Waals surface area contributed by atoms with Crippen LogP contribution in [0.15, 0.2) is 24.3 Å². The maximum Gasteiger partial charge on any atom is 0.274 e. The summed E-state index contributed by atoms with van der Waals surface area (Å²) < 4.78 is 5.17. The number of ether oxygens (including phenoxy) is 1. The molecule has 0 spiro atoms. The minimum absolute atomic E-state index is 0.0922. The van der Waals surface area contributed by atoms with E-state index in [-0.39, 0.29) is 22.7 Å².